The van der Waals surface area contributed by atoms with E-state index in [0.717, 1.165) is 18.9 Å². The van der Waals surface area contributed by atoms with E-state index >= 15 is 0 Å². The largest absolute Gasteiger partial charge is 0.469 e. The van der Waals surface area contributed by atoms with Crippen LogP contribution in [0.1, 0.15) is 43.0 Å². The van der Waals surface area contributed by atoms with Crippen LogP contribution < -0.4 is 10.6 Å². The third kappa shape index (κ3) is 2.55. The van der Waals surface area contributed by atoms with Crippen LogP contribution in [0.15, 0.2) is 16.7 Å². The average Bonchev–Trinajstić information content (AvgIpc) is 2.86. The van der Waals surface area contributed by atoms with E-state index in [-0.39, 0.29) is 0 Å². The molecular formula is C14H22N2O. The van der Waals surface area contributed by atoms with Crippen molar-refractivity contribution in [2.75, 3.05) is 19.6 Å². The third-order valence-electron chi connectivity index (χ3n) is 4.16. The van der Waals surface area contributed by atoms with Crippen molar-refractivity contribution in [2.45, 2.75) is 38.1 Å². The van der Waals surface area contributed by atoms with Crippen LogP contribution in [0.2, 0.25) is 0 Å². The summed E-state index contributed by atoms with van der Waals surface area (Å²) in [5.74, 6) is 2.06. The Morgan fingerprint density at radius 2 is 2.18 bits per heavy atom. The van der Waals surface area contributed by atoms with Crippen LogP contribution in [0.25, 0.3) is 0 Å². The van der Waals surface area contributed by atoms with Gasteiger partial charge >= 0.3 is 0 Å². The Balaban J connectivity index is 1.56. The maximum atomic E-state index is 5.53. The molecule has 3 heteroatoms. The van der Waals surface area contributed by atoms with E-state index in [1.54, 1.807) is 0 Å². The zero-order valence-electron chi connectivity index (χ0n) is 10.4. The first-order valence-electron chi connectivity index (χ1n) is 6.94. The van der Waals surface area contributed by atoms with Crippen molar-refractivity contribution < 1.29 is 4.42 Å². The molecule has 3 rings (SSSR count). The van der Waals surface area contributed by atoms with Crippen molar-refractivity contribution in [1.82, 2.24) is 10.6 Å². The van der Waals surface area contributed by atoms with Gasteiger partial charge < -0.3 is 15.1 Å². The molecule has 0 saturated carbocycles. The van der Waals surface area contributed by atoms with Crippen molar-refractivity contribution >= 4 is 0 Å². The van der Waals surface area contributed by atoms with E-state index < -0.39 is 0 Å². The summed E-state index contributed by atoms with van der Waals surface area (Å²) < 4.78 is 5.53. The number of hydrogen-bond acceptors (Lipinski definition) is 3. The van der Waals surface area contributed by atoms with Crippen molar-refractivity contribution in [3.63, 3.8) is 0 Å². The number of nitrogens with one attached hydrogen (secondary N) is 2. The molecular weight excluding hydrogens is 212 g/mol. The highest BCUT2D eigenvalue weighted by atomic mass is 16.3. The maximum absolute atomic E-state index is 5.53. The van der Waals surface area contributed by atoms with Gasteiger partial charge in [0.15, 0.2) is 0 Å². The van der Waals surface area contributed by atoms with Crippen molar-refractivity contribution in [1.29, 1.82) is 0 Å². The highest BCUT2D eigenvalue weighted by Gasteiger charge is 2.23. The number of furan rings is 1. The summed E-state index contributed by atoms with van der Waals surface area (Å²) in [6, 6.07) is 2.68. The average molecular weight is 234 g/mol. The van der Waals surface area contributed by atoms with Crippen molar-refractivity contribution in [3.8, 4) is 0 Å². The Labute approximate surface area is 103 Å². The molecule has 2 heterocycles. The van der Waals surface area contributed by atoms with E-state index in [2.05, 4.69) is 16.7 Å². The lowest BCUT2D eigenvalue weighted by molar-refractivity contribution is 0.325. The van der Waals surface area contributed by atoms with Gasteiger partial charge in [-0.1, -0.05) is 0 Å². The topological polar surface area (TPSA) is 37.2 Å². The van der Waals surface area contributed by atoms with E-state index in [4.69, 9.17) is 4.42 Å². The van der Waals surface area contributed by atoms with Crippen LogP contribution in [0.5, 0.6) is 0 Å². The van der Waals surface area contributed by atoms with Crippen LogP contribution in [-0.2, 0) is 6.42 Å². The Morgan fingerprint density at radius 1 is 1.29 bits per heavy atom. The van der Waals surface area contributed by atoms with Crippen LogP contribution in [0, 0.1) is 5.92 Å². The Hall–Kier alpha value is -0.800. The smallest absolute Gasteiger partial charge is 0.108 e. The predicted molar refractivity (Wildman–Crippen MR) is 68.0 cm³/mol. The number of piperidine rings is 1. The van der Waals surface area contributed by atoms with Gasteiger partial charge in [-0.3, -0.25) is 0 Å². The second-order valence-electron chi connectivity index (χ2n) is 5.35. The third-order valence-corrected chi connectivity index (χ3v) is 4.16. The number of fused-ring (bicyclic) bond motifs is 1. The van der Waals surface area contributed by atoms with Crippen LogP contribution in [0.3, 0.4) is 0 Å². The minimum absolute atomic E-state index is 0.535. The fourth-order valence-corrected chi connectivity index (χ4v) is 3.09. The summed E-state index contributed by atoms with van der Waals surface area (Å²) in [6.07, 6.45) is 8.11. The molecule has 1 aromatic heterocycles. The SMILES string of the molecule is c1cc2c(o1)CCCC2NCC1CCNCC1. The molecule has 1 atom stereocenters. The first-order chi connectivity index (χ1) is 8.43. The highest BCUT2D eigenvalue weighted by Crippen LogP contribution is 2.30. The van der Waals surface area contributed by atoms with Crippen molar-refractivity contribution in [2.24, 2.45) is 5.92 Å². The fraction of sp³-hybridized carbons (Fsp3) is 0.714. The molecule has 0 radical (unpaired) electrons. The van der Waals surface area contributed by atoms with Gasteiger partial charge in [0.2, 0.25) is 0 Å². The molecule has 1 saturated heterocycles. The maximum Gasteiger partial charge on any atom is 0.108 e. The first kappa shape index (κ1) is 11.3. The van der Waals surface area contributed by atoms with Crippen LogP contribution in [0.4, 0.5) is 0 Å². The number of hydrogen-bond donors (Lipinski definition) is 2. The molecule has 1 fully saturated rings. The van der Waals surface area contributed by atoms with Gasteiger partial charge in [-0.15, -0.1) is 0 Å². The molecule has 2 N–H and O–H groups in total. The molecule has 3 nitrogen and oxygen atoms in total. The molecule has 1 aliphatic carbocycles. The zero-order chi connectivity index (χ0) is 11.5. The summed E-state index contributed by atoms with van der Waals surface area (Å²) in [5, 5.41) is 7.17. The van der Waals surface area contributed by atoms with Crippen LogP contribution >= 0.6 is 0 Å². The molecule has 0 bridgehead atoms. The quantitative estimate of drug-likeness (QED) is 0.842. The molecule has 94 valence electrons. The lowest BCUT2D eigenvalue weighted by atomic mass is 9.92. The van der Waals surface area contributed by atoms with Gasteiger partial charge in [0.25, 0.3) is 0 Å². The van der Waals surface area contributed by atoms with Crippen LogP contribution in [-0.4, -0.2) is 19.6 Å². The lowest BCUT2D eigenvalue weighted by Gasteiger charge is -2.27. The summed E-state index contributed by atoms with van der Waals surface area (Å²) >= 11 is 0. The standard InChI is InChI=1S/C14H22N2O/c1-2-13(12-6-9-17-14(12)3-1)16-10-11-4-7-15-8-5-11/h6,9,11,13,15-16H,1-5,7-8,10H2. The second-order valence-corrected chi connectivity index (χ2v) is 5.35. The summed E-state index contributed by atoms with van der Waals surface area (Å²) in [7, 11) is 0. The molecule has 1 aliphatic heterocycles. The minimum Gasteiger partial charge on any atom is -0.469 e. The lowest BCUT2D eigenvalue weighted by Crippen LogP contribution is -2.35. The van der Waals surface area contributed by atoms with E-state index in [9.17, 15) is 0 Å². The molecule has 0 amide bonds. The monoisotopic (exact) mass is 234 g/mol. The number of aryl methyl sites for hydroxylation is 1. The van der Waals surface area contributed by atoms with E-state index in [1.165, 1.54) is 50.1 Å². The fourth-order valence-electron chi connectivity index (χ4n) is 3.09. The summed E-state index contributed by atoms with van der Waals surface area (Å²) in [4.78, 5) is 0. The highest BCUT2D eigenvalue weighted by molar-refractivity contribution is 5.23. The predicted octanol–water partition coefficient (Wildman–Crippen LogP) is 2.25. The van der Waals surface area contributed by atoms with Gasteiger partial charge in [0, 0.05) is 18.0 Å². The molecule has 0 aromatic carbocycles. The molecule has 17 heavy (non-hydrogen) atoms. The Bertz CT molecular complexity index is 355. The van der Waals surface area contributed by atoms with Crippen molar-refractivity contribution in [3.05, 3.63) is 23.7 Å². The summed E-state index contributed by atoms with van der Waals surface area (Å²) in [6.45, 7) is 3.54. The summed E-state index contributed by atoms with van der Waals surface area (Å²) in [5.41, 5.74) is 1.41. The molecule has 0 spiro atoms. The van der Waals surface area contributed by atoms with Gasteiger partial charge in [-0.2, -0.15) is 0 Å². The Kier molecular flexibility index (Phi) is 3.48. The first-order valence-corrected chi connectivity index (χ1v) is 6.94. The van der Waals surface area contributed by atoms with E-state index in [1.807, 2.05) is 6.26 Å². The van der Waals surface area contributed by atoms with Gasteiger partial charge in [-0.05, 0) is 57.3 Å². The minimum atomic E-state index is 0.535. The molecule has 2 aliphatic rings. The normalized spacial score (nSPS) is 25.8. The number of rotatable bonds is 3. The van der Waals surface area contributed by atoms with Gasteiger partial charge in [0.1, 0.15) is 5.76 Å². The second kappa shape index (κ2) is 5.23. The molecule has 1 aromatic rings. The molecule has 1 unspecified atom stereocenters. The Morgan fingerprint density at radius 3 is 3.06 bits per heavy atom. The zero-order valence-corrected chi connectivity index (χ0v) is 10.4. The van der Waals surface area contributed by atoms with Gasteiger partial charge in [-0.25, -0.2) is 0 Å². The van der Waals surface area contributed by atoms with E-state index in [0.29, 0.717) is 6.04 Å². The van der Waals surface area contributed by atoms with Gasteiger partial charge in [0.05, 0.1) is 6.26 Å².